The first kappa shape index (κ1) is 15.1. The highest BCUT2D eigenvalue weighted by Crippen LogP contribution is 2.26. The Hall–Kier alpha value is -0.770. The molecule has 2 saturated heterocycles. The Bertz CT molecular complexity index is 354. The number of rotatable bonds is 3. The zero-order valence-corrected chi connectivity index (χ0v) is 13.5. The summed E-state index contributed by atoms with van der Waals surface area (Å²) in [5, 5.41) is 3.18. The summed E-state index contributed by atoms with van der Waals surface area (Å²) in [5.74, 6) is 0.850. The SMILES string of the molecule is CC1CN2CCCC2CN1C(=O)NCCC1CCCCC1. The Labute approximate surface area is 129 Å². The average molecular weight is 293 g/mol. The largest absolute Gasteiger partial charge is 0.338 e. The van der Waals surface area contributed by atoms with Gasteiger partial charge in [0.15, 0.2) is 0 Å². The number of nitrogens with zero attached hydrogens (tertiary/aromatic N) is 2. The van der Waals surface area contributed by atoms with Gasteiger partial charge in [-0.25, -0.2) is 4.79 Å². The van der Waals surface area contributed by atoms with Crippen molar-refractivity contribution in [3.05, 3.63) is 0 Å². The molecule has 0 aromatic heterocycles. The highest BCUT2D eigenvalue weighted by atomic mass is 16.2. The Morgan fingerprint density at radius 3 is 2.71 bits per heavy atom. The molecule has 1 N–H and O–H groups in total. The van der Waals surface area contributed by atoms with Crippen molar-refractivity contribution in [2.75, 3.05) is 26.2 Å². The van der Waals surface area contributed by atoms with Crippen molar-refractivity contribution >= 4 is 6.03 Å². The van der Waals surface area contributed by atoms with Crippen LogP contribution in [-0.4, -0.2) is 54.1 Å². The van der Waals surface area contributed by atoms with E-state index in [4.69, 9.17) is 0 Å². The van der Waals surface area contributed by atoms with Crippen molar-refractivity contribution < 1.29 is 4.79 Å². The molecule has 3 fully saturated rings. The van der Waals surface area contributed by atoms with Crippen molar-refractivity contribution in [3.63, 3.8) is 0 Å². The van der Waals surface area contributed by atoms with E-state index in [0.717, 1.165) is 25.6 Å². The molecule has 4 nitrogen and oxygen atoms in total. The number of nitrogens with one attached hydrogen (secondary N) is 1. The first-order chi connectivity index (χ1) is 10.2. The number of fused-ring (bicyclic) bond motifs is 1. The van der Waals surface area contributed by atoms with Gasteiger partial charge in [-0.2, -0.15) is 0 Å². The first-order valence-corrected chi connectivity index (χ1v) is 9.02. The van der Waals surface area contributed by atoms with E-state index in [1.807, 2.05) is 0 Å². The second kappa shape index (κ2) is 6.99. The van der Waals surface area contributed by atoms with E-state index >= 15 is 0 Å². The molecule has 1 saturated carbocycles. The normalized spacial score (nSPS) is 31.2. The monoisotopic (exact) mass is 293 g/mol. The van der Waals surface area contributed by atoms with Crippen LogP contribution >= 0.6 is 0 Å². The molecule has 2 aliphatic heterocycles. The van der Waals surface area contributed by atoms with Gasteiger partial charge in [-0.1, -0.05) is 32.1 Å². The van der Waals surface area contributed by atoms with Gasteiger partial charge in [-0.3, -0.25) is 4.90 Å². The number of carbonyl (C=O) groups excluding carboxylic acids is 1. The second-order valence-corrected chi connectivity index (χ2v) is 7.32. The van der Waals surface area contributed by atoms with Crippen LogP contribution in [0.1, 0.15) is 58.3 Å². The van der Waals surface area contributed by atoms with Gasteiger partial charge in [0.2, 0.25) is 0 Å². The van der Waals surface area contributed by atoms with Crippen LogP contribution in [0.3, 0.4) is 0 Å². The third-order valence-electron chi connectivity index (χ3n) is 5.75. The lowest BCUT2D eigenvalue weighted by atomic mass is 9.87. The van der Waals surface area contributed by atoms with Crippen LogP contribution in [0.4, 0.5) is 4.79 Å². The Balaban J connectivity index is 1.41. The Morgan fingerprint density at radius 1 is 1.10 bits per heavy atom. The molecule has 0 radical (unpaired) electrons. The molecule has 2 atom stereocenters. The van der Waals surface area contributed by atoms with Crippen molar-refractivity contribution in [2.45, 2.75) is 70.4 Å². The fourth-order valence-electron chi connectivity index (χ4n) is 4.43. The molecule has 3 aliphatic rings. The van der Waals surface area contributed by atoms with Crippen molar-refractivity contribution in [1.29, 1.82) is 0 Å². The van der Waals surface area contributed by atoms with Crippen molar-refractivity contribution in [1.82, 2.24) is 15.1 Å². The van der Waals surface area contributed by atoms with Gasteiger partial charge in [0.25, 0.3) is 0 Å². The third-order valence-corrected chi connectivity index (χ3v) is 5.75. The second-order valence-electron chi connectivity index (χ2n) is 7.32. The molecular weight excluding hydrogens is 262 g/mol. The molecule has 0 bridgehead atoms. The molecule has 3 rings (SSSR count). The maximum Gasteiger partial charge on any atom is 0.317 e. The van der Waals surface area contributed by atoms with E-state index in [0.29, 0.717) is 12.1 Å². The summed E-state index contributed by atoms with van der Waals surface area (Å²) >= 11 is 0. The van der Waals surface area contributed by atoms with E-state index in [9.17, 15) is 4.79 Å². The fraction of sp³-hybridized carbons (Fsp3) is 0.941. The highest BCUT2D eigenvalue weighted by Gasteiger charge is 2.36. The number of piperazine rings is 1. The van der Waals surface area contributed by atoms with E-state index in [1.54, 1.807) is 0 Å². The standard InChI is InChI=1S/C17H31N3O/c1-14-12-19-11-5-8-16(19)13-20(14)17(21)18-10-9-15-6-3-2-4-7-15/h14-16H,2-13H2,1H3,(H,18,21). The van der Waals surface area contributed by atoms with Gasteiger partial charge in [0.05, 0.1) is 0 Å². The fourth-order valence-corrected chi connectivity index (χ4v) is 4.43. The summed E-state index contributed by atoms with van der Waals surface area (Å²) in [6, 6.07) is 1.14. The van der Waals surface area contributed by atoms with E-state index in [-0.39, 0.29) is 6.03 Å². The van der Waals surface area contributed by atoms with Crippen molar-refractivity contribution in [3.8, 4) is 0 Å². The average Bonchev–Trinajstić information content (AvgIpc) is 2.94. The van der Waals surface area contributed by atoms with Gasteiger partial charge >= 0.3 is 6.03 Å². The minimum Gasteiger partial charge on any atom is -0.338 e. The van der Waals surface area contributed by atoms with Crippen LogP contribution in [0.25, 0.3) is 0 Å². The molecule has 4 heteroatoms. The minimum absolute atomic E-state index is 0.171. The van der Waals surface area contributed by atoms with Gasteiger partial charge in [0.1, 0.15) is 0 Å². The number of hydrogen-bond acceptors (Lipinski definition) is 2. The molecule has 2 heterocycles. The van der Waals surface area contributed by atoms with Crippen LogP contribution < -0.4 is 5.32 Å². The molecular formula is C17H31N3O. The lowest BCUT2D eigenvalue weighted by molar-refractivity contribution is 0.0802. The molecule has 120 valence electrons. The quantitative estimate of drug-likeness (QED) is 0.868. The zero-order valence-electron chi connectivity index (χ0n) is 13.5. The maximum absolute atomic E-state index is 12.4. The summed E-state index contributed by atoms with van der Waals surface area (Å²) < 4.78 is 0. The number of carbonyl (C=O) groups is 1. The highest BCUT2D eigenvalue weighted by molar-refractivity contribution is 5.74. The number of urea groups is 1. The maximum atomic E-state index is 12.4. The molecule has 21 heavy (non-hydrogen) atoms. The van der Waals surface area contributed by atoms with E-state index in [2.05, 4.69) is 22.0 Å². The van der Waals surface area contributed by atoms with E-state index < -0.39 is 0 Å². The van der Waals surface area contributed by atoms with E-state index in [1.165, 1.54) is 57.9 Å². The molecule has 2 unspecified atom stereocenters. The molecule has 1 aliphatic carbocycles. The van der Waals surface area contributed by atoms with Gasteiger partial charge in [0, 0.05) is 31.7 Å². The summed E-state index contributed by atoms with van der Waals surface area (Å²) in [6.07, 6.45) is 10.7. The van der Waals surface area contributed by atoms with Crippen LogP contribution in [0.15, 0.2) is 0 Å². The Morgan fingerprint density at radius 2 is 1.90 bits per heavy atom. The number of hydrogen-bond donors (Lipinski definition) is 1. The van der Waals surface area contributed by atoms with Gasteiger partial charge < -0.3 is 10.2 Å². The summed E-state index contributed by atoms with van der Waals surface area (Å²) in [4.78, 5) is 17.1. The minimum atomic E-state index is 0.171. The predicted molar refractivity (Wildman–Crippen MR) is 85.4 cm³/mol. The number of amides is 2. The van der Waals surface area contributed by atoms with Crippen molar-refractivity contribution in [2.24, 2.45) is 5.92 Å². The van der Waals surface area contributed by atoms with Gasteiger partial charge in [-0.15, -0.1) is 0 Å². The molecule has 0 aromatic rings. The summed E-state index contributed by atoms with van der Waals surface area (Å²) in [7, 11) is 0. The van der Waals surface area contributed by atoms with Gasteiger partial charge in [-0.05, 0) is 38.6 Å². The lowest BCUT2D eigenvalue weighted by Gasteiger charge is -2.42. The zero-order chi connectivity index (χ0) is 14.7. The van der Waals surface area contributed by atoms with Crippen LogP contribution in [-0.2, 0) is 0 Å². The molecule has 2 amide bonds. The predicted octanol–water partition coefficient (Wildman–Crippen LogP) is 2.83. The summed E-state index contributed by atoms with van der Waals surface area (Å²) in [5.41, 5.74) is 0. The van der Waals surface area contributed by atoms with Crippen LogP contribution in [0, 0.1) is 5.92 Å². The summed E-state index contributed by atoms with van der Waals surface area (Å²) in [6.45, 7) is 6.26. The van der Waals surface area contributed by atoms with Crippen LogP contribution in [0.2, 0.25) is 0 Å². The molecule has 0 spiro atoms. The van der Waals surface area contributed by atoms with Crippen LogP contribution in [0.5, 0.6) is 0 Å². The topological polar surface area (TPSA) is 35.6 Å². The third kappa shape index (κ3) is 3.71. The smallest absolute Gasteiger partial charge is 0.317 e. The molecule has 0 aromatic carbocycles. The lowest BCUT2D eigenvalue weighted by Crippen LogP contribution is -2.59. The first-order valence-electron chi connectivity index (χ1n) is 9.02. The Kier molecular flexibility index (Phi) is 5.04.